The van der Waals surface area contributed by atoms with E-state index in [9.17, 15) is 4.79 Å². The van der Waals surface area contributed by atoms with Crippen molar-refractivity contribution in [3.05, 3.63) is 52.8 Å². The Kier molecular flexibility index (Phi) is 4.52. The average molecular weight is 284 g/mol. The second-order valence-corrected chi connectivity index (χ2v) is 5.18. The molecule has 2 aromatic rings. The maximum absolute atomic E-state index is 11.9. The third-order valence-corrected chi connectivity index (χ3v) is 3.21. The van der Waals surface area contributed by atoms with Gasteiger partial charge in [-0.05, 0) is 39.3 Å². The highest BCUT2D eigenvalue weighted by Crippen LogP contribution is 2.04. The quantitative estimate of drug-likeness (QED) is 0.692. The van der Waals surface area contributed by atoms with Gasteiger partial charge in [0.05, 0.1) is 11.4 Å². The van der Waals surface area contributed by atoms with E-state index >= 15 is 0 Å². The minimum Gasteiger partial charge on any atom is -0.271 e. The molecular formula is C16H20N4O. The molecule has 1 N–H and O–H groups in total. The lowest BCUT2D eigenvalue weighted by Crippen LogP contribution is -2.25. The molecular weight excluding hydrogens is 264 g/mol. The molecule has 0 aliphatic rings. The number of nitrogens with one attached hydrogen (secondary N) is 1. The Bertz CT molecular complexity index is 668. The van der Waals surface area contributed by atoms with Crippen LogP contribution in [0.3, 0.4) is 0 Å². The minimum atomic E-state index is -0.187. The summed E-state index contributed by atoms with van der Waals surface area (Å²) in [6.07, 6.45) is 0. The maximum Gasteiger partial charge on any atom is 0.261 e. The number of nitrogens with zero attached hydrogens (tertiary/aromatic N) is 3. The molecule has 0 radical (unpaired) electrons. The van der Waals surface area contributed by atoms with Crippen LogP contribution in [-0.2, 0) is 11.3 Å². The van der Waals surface area contributed by atoms with Gasteiger partial charge in [0.1, 0.15) is 6.54 Å². The molecule has 0 aliphatic carbocycles. The first-order valence-corrected chi connectivity index (χ1v) is 6.87. The summed E-state index contributed by atoms with van der Waals surface area (Å²) in [4.78, 5) is 11.9. The van der Waals surface area contributed by atoms with Gasteiger partial charge >= 0.3 is 0 Å². The number of benzene rings is 1. The zero-order chi connectivity index (χ0) is 15.4. The van der Waals surface area contributed by atoms with E-state index in [2.05, 4.69) is 15.6 Å². The normalized spacial score (nSPS) is 11.5. The fraction of sp³-hybridized carbons (Fsp3) is 0.312. The zero-order valence-corrected chi connectivity index (χ0v) is 12.8. The Morgan fingerprint density at radius 3 is 2.48 bits per heavy atom. The van der Waals surface area contributed by atoms with E-state index in [4.69, 9.17) is 0 Å². The summed E-state index contributed by atoms with van der Waals surface area (Å²) in [5.41, 5.74) is 7.39. The van der Waals surface area contributed by atoms with E-state index in [1.165, 1.54) is 5.56 Å². The lowest BCUT2D eigenvalue weighted by molar-refractivity contribution is -0.121. The summed E-state index contributed by atoms with van der Waals surface area (Å²) in [7, 11) is 0. The number of amides is 1. The third kappa shape index (κ3) is 4.02. The van der Waals surface area contributed by atoms with Crippen LogP contribution in [0, 0.1) is 20.8 Å². The van der Waals surface area contributed by atoms with Crippen LogP contribution in [0.2, 0.25) is 0 Å². The lowest BCUT2D eigenvalue weighted by Gasteiger charge is -2.05. The van der Waals surface area contributed by atoms with Crippen LogP contribution >= 0.6 is 0 Å². The second-order valence-electron chi connectivity index (χ2n) is 5.18. The molecule has 1 aromatic carbocycles. The Labute approximate surface area is 124 Å². The molecule has 5 heteroatoms. The fourth-order valence-corrected chi connectivity index (χ4v) is 2.01. The molecule has 0 spiro atoms. The smallest absolute Gasteiger partial charge is 0.261 e. The van der Waals surface area contributed by atoms with Gasteiger partial charge < -0.3 is 0 Å². The monoisotopic (exact) mass is 284 g/mol. The third-order valence-electron chi connectivity index (χ3n) is 3.21. The summed E-state index contributed by atoms with van der Waals surface area (Å²) in [5, 5.41) is 8.39. The van der Waals surface area contributed by atoms with Crippen LogP contribution in [0.1, 0.15) is 29.4 Å². The highest BCUT2D eigenvalue weighted by Gasteiger charge is 2.06. The number of hydrazone groups is 1. The molecule has 21 heavy (non-hydrogen) atoms. The van der Waals surface area contributed by atoms with Crippen molar-refractivity contribution in [1.29, 1.82) is 0 Å². The molecule has 0 aliphatic heterocycles. The van der Waals surface area contributed by atoms with Gasteiger partial charge in [-0.15, -0.1) is 0 Å². The number of hydrogen-bond acceptors (Lipinski definition) is 3. The van der Waals surface area contributed by atoms with E-state index in [1.54, 1.807) is 4.68 Å². The van der Waals surface area contributed by atoms with Gasteiger partial charge in [-0.1, -0.05) is 29.8 Å². The van der Waals surface area contributed by atoms with Gasteiger partial charge in [0.15, 0.2) is 0 Å². The van der Waals surface area contributed by atoms with Crippen LogP contribution in [0.5, 0.6) is 0 Å². The van der Waals surface area contributed by atoms with E-state index < -0.39 is 0 Å². The van der Waals surface area contributed by atoms with Crippen molar-refractivity contribution in [2.75, 3.05) is 0 Å². The zero-order valence-electron chi connectivity index (χ0n) is 12.8. The van der Waals surface area contributed by atoms with Crippen molar-refractivity contribution in [1.82, 2.24) is 15.2 Å². The van der Waals surface area contributed by atoms with Crippen LogP contribution in [0.25, 0.3) is 0 Å². The summed E-state index contributed by atoms with van der Waals surface area (Å²) in [5.74, 6) is -0.187. The Morgan fingerprint density at radius 1 is 1.24 bits per heavy atom. The van der Waals surface area contributed by atoms with Gasteiger partial charge in [0.25, 0.3) is 5.91 Å². The molecule has 0 saturated carbocycles. The standard InChI is InChI=1S/C16H20N4O/c1-11-5-7-15(8-6-11)14(4)17-18-16(21)10-20-13(3)9-12(2)19-20/h5-9H,10H2,1-4H3,(H,18,21)/b17-14+. The molecule has 5 nitrogen and oxygen atoms in total. The van der Waals surface area contributed by atoms with Gasteiger partial charge in [-0.25, -0.2) is 5.43 Å². The fourth-order valence-electron chi connectivity index (χ4n) is 2.01. The Balaban J connectivity index is 1.98. The van der Waals surface area contributed by atoms with Gasteiger partial charge in [-0.2, -0.15) is 10.2 Å². The van der Waals surface area contributed by atoms with Crippen LogP contribution in [-0.4, -0.2) is 21.4 Å². The summed E-state index contributed by atoms with van der Waals surface area (Å²) >= 11 is 0. The first-order chi connectivity index (χ1) is 9.95. The summed E-state index contributed by atoms with van der Waals surface area (Å²) < 4.78 is 1.67. The molecule has 1 aromatic heterocycles. The highest BCUT2D eigenvalue weighted by molar-refractivity contribution is 5.99. The first-order valence-electron chi connectivity index (χ1n) is 6.87. The van der Waals surface area contributed by atoms with Crippen molar-refractivity contribution in [2.24, 2.45) is 5.10 Å². The highest BCUT2D eigenvalue weighted by atomic mass is 16.2. The SMILES string of the molecule is C/C(=N\NC(=O)Cn1nc(C)cc1C)c1ccc(C)cc1. The Morgan fingerprint density at radius 2 is 1.90 bits per heavy atom. The average Bonchev–Trinajstić information content (AvgIpc) is 2.75. The van der Waals surface area contributed by atoms with E-state index in [0.29, 0.717) is 0 Å². The number of hydrogen-bond donors (Lipinski definition) is 1. The summed E-state index contributed by atoms with van der Waals surface area (Å²) in [6, 6.07) is 9.95. The van der Waals surface area contributed by atoms with Crippen LogP contribution in [0.15, 0.2) is 35.4 Å². The van der Waals surface area contributed by atoms with E-state index in [-0.39, 0.29) is 12.5 Å². The Hall–Kier alpha value is -2.43. The number of aryl methyl sites for hydroxylation is 3. The predicted molar refractivity (Wildman–Crippen MR) is 83.2 cm³/mol. The molecule has 0 fully saturated rings. The number of rotatable bonds is 4. The van der Waals surface area contributed by atoms with Crippen molar-refractivity contribution < 1.29 is 4.79 Å². The van der Waals surface area contributed by atoms with Crippen LogP contribution < -0.4 is 5.43 Å². The van der Waals surface area contributed by atoms with Crippen LogP contribution in [0.4, 0.5) is 0 Å². The topological polar surface area (TPSA) is 59.3 Å². The molecule has 110 valence electrons. The van der Waals surface area contributed by atoms with Gasteiger partial charge in [-0.3, -0.25) is 9.48 Å². The van der Waals surface area contributed by atoms with E-state index in [1.807, 2.05) is 58.0 Å². The molecule has 0 saturated heterocycles. The summed E-state index contributed by atoms with van der Waals surface area (Å²) in [6.45, 7) is 7.90. The molecule has 0 bridgehead atoms. The van der Waals surface area contributed by atoms with Crippen molar-refractivity contribution in [3.8, 4) is 0 Å². The number of carbonyl (C=O) groups excluding carboxylic acids is 1. The number of aromatic nitrogens is 2. The molecule has 0 atom stereocenters. The molecule has 0 unspecified atom stereocenters. The van der Waals surface area contributed by atoms with Crippen molar-refractivity contribution in [2.45, 2.75) is 34.2 Å². The first kappa shape index (κ1) is 15.0. The minimum absolute atomic E-state index is 0.171. The van der Waals surface area contributed by atoms with Crippen molar-refractivity contribution >= 4 is 11.6 Å². The lowest BCUT2D eigenvalue weighted by atomic mass is 10.1. The molecule has 1 amide bonds. The second kappa shape index (κ2) is 6.35. The predicted octanol–water partition coefficient (Wildman–Crippen LogP) is 2.35. The van der Waals surface area contributed by atoms with Crippen molar-refractivity contribution in [3.63, 3.8) is 0 Å². The van der Waals surface area contributed by atoms with Gasteiger partial charge in [0, 0.05) is 5.69 Å². The van der Waals surface area contributed by atoms with Gasteiger partial charge in [0.2, 0.25) is 0 Å². The molecule has 2 rings (SSSR count). The number of carbonyl (C=O) groups is 1. The van der Waals surface area contributed by atoms with E-state index in [0.717, 1.165) is 22.7 Å². The largest absolute Gasteiger partial charge is 0.271 e. The maximum atomic E-state index is 11.9. The molecule has 1 heterocycles.